The van der Waals surface area contributed by atoms with Crippen molar-refractivity contribution in [3.8, 4) is 0 Å². The molecule has 1 aromatic heterocycles. The van der Waals surface area contributed by atoms with Gasteiger partial charge in [-0.2, -0.15) is 0 Å². The molecule has 1 aromatic carbocycles. The summed E-state index contributed by atoms with van der Waals surface area (Å²) in [6.45, 7) is 2.74. The van der Waals surface area contributed by atoms with E-state index in [2.05, 4.69) is 4.98 Å². The molecule has 2 N–H and O–H groups in total. The van der Waals surface area contributed by atoms with Crippen LogP contribution in [0.25, 0.3) is 10.9 Å². The lowest BCUT2D eigenvalue weighted by Gasteiger charge is -2.31. The third-order valence-electron chi connectivity index (χ3n) is 4.30. The van der Waals surface area contributed by atoms with E-state index in [1.54, 1.807) is 12.1 Å². The maximum absolute atomic E-state index is 12.7. The Morgan fingerprint density at radius 3 is 2.62 bits per heavy atom. The summed E-state index contributed by atoms with van der Waals surface area (Å²) in [4.78, 5) is 19.0. The minimum atomic E-state index is -0.0303. The van der Waals surface area contributed by atoms with E-state index in [9.17, 15) is 4.79 Å². The van der Waals surface area contributed by atoms with Crippen LogP contribution in [0, 0.1) is 0 Å². The highest BCUT2D eigenvalue weighted by atomic mass is 35.5. The van der Waals surface area contributed by atoms with E-state index in [4.69, 9.17) is 22.1 Å². The molecule has 1 amide bonds. The third kappa shape index (κ3) is 5.69. The number of rotatable bonds is 5. The summed E-state index contributed by atoms with van der Waals surface area (Å²) in [5, 5.41) is 1.60. The first-order chi connectivity index (χ1) is 11.7. The van der Waals surface area contributed by atoms with Crippen molar-refractivity contribution in [2.24, 2.45) is 5.73 Å². The van der Waals surface area contributed by atoms with Gasteiger partial charge < -0.3 is 15.4 Å². The number of nitrogens with zero attached hydrogens (tertiary/aromatic N) is 2. The van der Waals surface area contributed by atoms with Crippen molar-refractivity contribution in [3.05, 3.63) is 41.0 Å². The summed E-state index contributed by atoms with van der Waals surface area (Å²) in [5.74, 6) is -0.0303. The van der Waals surface area contributed by atoms with Gasteiger partial charge in [-0.05, 0) is 44.0 Å². The Labute approximate surface area is 171 Å². The van der Waals surface area contributed by atoms with Crippen LogP contribution in [0.5, 0.6) is 0 Å². The molecule has 0 unspecified atom stereocenters. The number of amides is 1. The molecule has 0 spiro atoms. The third-order valence-corrected chi connectivity index (χ3v) is 4.54. The summed E-state index contributed by atoms with van der Waals surface area (Å²) >= 11 is 6.01. The Kier molecular flexibility index (Phi) is 9.61. The van der Waals surface area contributed by atoms with Gasteiger partial charge in [-0.1, -0.05) is 23.7 Å². The Hall–Kier alpha value is -1.11. The van der Waals surface area contributed by atoms with Gasteiger partial charge in [-0.15, -0.1) is 24.8 Å². The molecule has 1 aliphatic heterocycles. The highest BCUT2D eigenvalue weighted by molar-refractivity contribution is 6.31. The van der Waals surface area contributed by atoms with Crippen molar-refractivity contribution in [1.29, 1.82) is 0 Å². The number of aromatic nitrogens is 1. The highest BCUT2D eigenvalue weighted by Gasteiger charge is 2.24. The Balaban J connectivity index is 0.00000169. The van der Waals surface area contributed by atoms with Gasteiger partial charge in [0.15, 0.2) is 0 Å². The molecule has 26 heavy (non-hydrogen) atoms. The zero-order valence-corrected chi connectivity index (χ0v) is 16.8. The molecule has 5 nitrogen and oxygen atoms in total. The van der Waals surface area contributed by atoms with Gasteiger partial charge >= 0.3 is 0 Å². The smallest absolute Gasteiger partial charge is 0.272 e. The number of carbonyl (C=O) groups is 1. The van der Waals surface area contributed by atoms with Gasteiger partial charge in [-0.25, -0.2) is 4.98 Å². The number of halogens is 3. The van der Waals surface area contributed by atoms with Crippen LogP contribution < -0.4 is 5.73 Å². The zero-order chi connectivity index (χ0) is 16.9. The molecular formula is C18H24Cl3N3O2. The number of carbonyl (C=O) groups excluding carboxylic acids is 1. The second-order valence-corrected chi connectivity index (χ2v) is 6.47. The molecule has 0 radical (unpaired) electrons. The monoisotopic (exact) mass is 419 g/mol. The Bertz CT molecular complexity index is 722. The normalized spacial score (nSPS) is 14.6. The molecule has 0 saturated carbocycles. The number of fused-ring (bicyclic) bond motifs is 1. The number of benzene rings is 1. The average Bonchev–Trinajstić information content (AvgIpc) is 2.61. The van der Waals surface area contributed by atoms with E-state index in [0.717, 1.165) is 30.2 Å². The van der Waals surface area contributed by atoms with Crippen LogP contribution in [0.2, 0.25) is 5.02 Å². The van der Waals surface area contributed by atoms with Crippen molar-refractivity contribution < 1.29 is 9.53 Å². The lowest BCUT2D eigenvalue weighted by molar-refractivity contribution is 0.00830. The molecule has 3 rings (SSSR count). The molecular weight excluding hydrogens is 397 g/mol. The van der Waals surface area contributed by atoms with Crippen LogP contribution in [0.4, 0.5) is 0 Å². The van der Waals surface area contributed by atoms with E-state index in [1.165, 1.54) is 0 Å². The lowest BCUT2D eigenvalue weighted by atomic mass is 10.1. The number of likely N-dealkylation sites (tertiary alicyclic amines) is 1. The van der Waals surface area contributed by atoms with E-state index >= 15 is 0 Å². The molecule has 1 fully saturated rings. The number of ether oxygens (including phenoxy) is 1. The van der Waals surface area contributed by atoms with Crippen LogP contribution in [0.15, 0.2) is 30.3 Å². The number of nitrogens with two attached hydrogens (primary N) is 1. The van der Waals surface area contributed by atoms with Crippen LogP contribution in [-0.2, 0) is 4.74 Å². The molecule has 1 saturated heterocycles. The van der Waals surface area contributed by atoms with Crippen molar-refractivity contribution in [3.63, 3.8) is 0 Å². The summed E-state index contributed by atoms with van der Waals surface area (Å²) in [7, 11) is 0. The van der Waals surface area contributed by atoms with Crippen molar-refractivity contribution >= 4 is 53.2 Å². The topological polar surface area (TPSA) is 68.5 Å². The molecule has 2 aromatic rings. The maximum Gasteiger partial charge on any atom is 0.272 e. The van der Waals surface area contributed by atoms with Crippen LogP contribution in [0.1, 0.15) is 29.8 Å². The average molecular weight is 421 g/mol. The molecule has 0 aliphatic carbocycles. The number of hydrogen-bond donors (Lipinski definition) is 1. The van der Waals surface area contributed by atoms with Gasteiger partial charge in [0.2, 0.25) is 0 Å². The van der Waals surface area contributed by atoms with E-state index in [-0.39, 0.29) is 36.8 Å². The fraction of sp³-hybridized carbons (Fsp3) is 0.444. The highest BCUT2D eigenvalue weighted by Crippen LogP contribution is 2.20. The second-order valence-electron chi connectivity index (χ2n) is 6.04. The van der Waals surface area contributed by atoms with E-state index < -0.39 is 0 Å². The number of piperidine rings is 1. The van der Waals surface area contributed by atoms with Gasteiger partial charge in [0.25, 0.3) is 5.91 Å². The molecule has 1 aliphatic rings. The fourth-order valence-electron chi connectivity index (χ4n) is 2.93. The van der Waals surface area contributed by atoms with Crippen molar-refractivity contribution in [1.82, 2.24) is 9.88 Å². The van der Waals surface area contributed by atoms with Gasteiger partial charge in [0.1, 0.15) is 5.69 Å². The van der Waals surface area contributed by atoms with Crippen molar-refractivity contribution in [2.45, 2.75) is 25.4 Å². The molecule has 144 valence electrons. The van der Waals surface area contributed by atoms with Gasteiger partial charge in [0.05, 0.1) is 11.6 Å². The minimum absolute atomic E-state index is 0. The fourth-order valence-corrected chi connectivity index (χ4v) is 3.10. The SMILES string of the molecule is Cl.Cl.NCCCOC1CCN(C(=O)c2ccc3ccc(Cl)cc3n2)CC1. The molecule has 0 bridgehead atoms. The zero-order valence-electron chi connectivity index (χ0n) is 14.4. The first kappa shape index (κ1) is 22.9. The molecule has 2 heterocycles. The Morgan fingerprint density at radius 1 is 1.23 bits per heavy atom. The lowest BCUT2D eigenvalue weighted by Crippen LogP contribution is -2.41. The van der Waals surface area contributed by atoms with Crippen LogP contribution >= 0.6 is 36.4 Å². The quantitative estimate of drug-likeness (QED) is 0.749. The van der Waals surface area contributed by atoms with Crippen molar-refractivity contribution in [2.75, 3.05) is 26.2 Å². The van der Waals surface area contributed by atoms with Gasteiger partial charge in [-0.3, -0.25) is 4.79 Å². The second kappa shape index (κ2) is 10.9. The molecule has 0 atom stereocenters. The summed E-state index contributed by atoms with van der Waals surface area (Å²) in [6.07, 6.45) is 2.82. The maximum atomic E-state index is 12.7. The first-order valence-corrected chi connectivity index (χ1v) is 8.72. The largest absolute Gasteiger partial charge is 0.378 e. The minimum Gasteiger partial charge on any atom is -0.378 e. The predicted molar refractivity (Wildman–Crippen MR) is 110 cm³/mol. The standard InChI is InChI=1S/C18H22ClN3O2.2ClH/c19-14-4-2-13-3-5-16(21-17(13)12-14)18(23)22-9-6-15(7-10-22)24-11-1-8-20;;/h2-5,12,15H,1,6-11,20H2;2*1H. The van der Waals surface area contributed by atoms with Crippen LogP contribution in [-0.4, -0.2) is 48.1 Å². The Morgan fingerprint density at radius 2 is 1.92 bits per heavy atom. The number of hydrogen-bond acceptors (Lipinski definition) is 4. The molecule has 8 heteroatoms. The number of pyridine rings is 1. The summed E-state index contributed by atoms with van der Waals surface area (Å²) < 4.78 is 5.78. The van der Waals surface area contributed by atoms with Gasteiger partial charge in [0, 0.05) is 30.1 Å². The predicted octanol–water partition coefficient (Wildman–Crippen LogP) is 3.70. The van der Waals surface area contributed by atoms with Crippen LogP contribution in [0.3, 0.4) is 0 Å². The summed E-state index contributed by atoms with van der Waals surface area (Å²) in [6, 6.07) is 9.20. The van der Waals surface area contributed by atoms with E-state index in [1.807, 2.05) is 23.1 Å². The van der Waals surface area contributed by atoms with E-state index in [0.29, 0.717) is 37.0 Å². The summed E-state index contributed by atoms with van der Waals surface area (Å²) in [5.41, 5.74) is 6.68. The first-order valence-electron chi connectivity index (χ1n) is 8.34.